The van der Waals surface area contributed by atoms with Gasteiger partial charge in [0.1, 0.15) is 5.82 Å². The Morgan fingerprint density at radius 1 is 1.18 bits per heavy atom. The van der Waals surface area contributed by atoms with E-state index in [2.05, 4.69) is 54.7 Å². The van der Waals surface area contributed by atoms with Crippen LogP contribution in [0.2, 0.25) is 0 Å². The van der Waals surface area contributed by atoms with Gasteiger partial charge in [0.15, 0.2) is 0 Å². The number of benzene rings is 1. The van der Waals surface area contributed by atoms with Crippen LogP contribution in [-0.2, 0) is 11.3 Å². The number of hydrogen-bond donors (Lipinski definition) is 1. The van der Waals surface area contributed by atoms with Gasteiger partial charge in [0, 0.05) is 44.7 Å². The minimum atomic E-state index is 0.0936. The van der Waals surface area contributed by atoms with Crippen molar-refractivity contribution < 1.29 is 4.79 Å². The van der Waals surface area contributed by atoms with Crippen LogP contribution in [0.3, 0.4) is 0 Å². The van der Waals surface area contributed by atoms with Crippen molar-refractivity contribution in [3.63, 3.8) is 0 Å². The zero-order valence-electron chi connectivity index (χ0n) is 17.7. The fourth-order valence-corrected chi connectivity index (χ4v) is 4.90. The molecule has 4 rings (SSSR count). The highest BCUT2D eigenvalue weighted by Gasteiger charge is 2.42. The maximum Gasteiger partial charge on any atom is 0.222 e. The molecule has 0 saturated carbocycles. The van der Waals surface area contributed by atoms with Gasteiger partial charge in [0.05, 0.1) is 17.6 Å². The van der Waals surface area contributed by atoms with E-state index in [1.807, 2.05) is 4.90 Å². The SMILES string of the molecule is CCN1CCC2(CCC1=O)CN(Cc1nc3c(C)c(C)ccc3[nH]1)CCN2C. The van der Waals surface area contributed by atoms with Crippen LogP contribution in [0.5, 0.6) is 0 Å². The Kier molecular flexibility index (Phi) is 5.19. The number of nitrogens with zero attached hydrogens (tertiary/aromatic N) is 4. The van der Waals surface area contributed by atoms with Crippen LogP contribution in [0.4, 0.5) is 0 Å². The summed E-state index contributed by atoms with van der Waals surface area (Å²) in [5.41, 5.74) is 4.86. The average molecular weight is 384 g/mol. The van der Waals surface area contributed by atoms with Gasteiger partial charge >= 0.3 is 0 Å². The maximum atomic E-state index is 12.4. The fraction of sp³-hybridized carbons (Fsp3) is 0.636. The molecule has 0 aliphatic carbocycles. The highest BCUT2D eigenvalue weighted by molar-refractivity contribution is 5.79. The quantitative estimate of drug-likeness (QED) is 0.885. The summed E-state index contributed by atoms with van der Waals surface area (Å²) < 4.78 is 0. The number of hydrogen-bond acceptors (Lipinski definition) is 4. The van der Waals surface area contributed by atoms with Gasteiger partial charge in [0.25, 0.3) is 0 Å². The second-order valence-corrected chi connectivity index (χ2v) is 8.67. The molecular formula is C22H33N5O. The lowest BCUT2D eigenvalue weighted by Gasteiger charge is -2.49. The predicted molar refractivity (Wildman–Crippen MR) is 112 cm³/mol. The van der Waals surface area contributed by atoms with Crippen LogP contribution in [0, 0.1) is 13.8 Å². The minimum absolute atomic E-state index is 0.0936. The van der Waals surface area contributed by atoms with Crippen molar-refractivity contribution in [3.05, 3.63) is 29.1 Å². The number of H-pyrrole nitrogens is 1. The number of aryl methyl sites for hydroxylation is 2. The van der Waals surface area contributed by atoms with Crippen LogP contribution in [0.1, 0.15) is 43.1 Å². The van der Waals surface area contributed by atoms with Crippen LogP contribution in [-0.4, -0.2) is 75.9 Å². The van der Waals surface area contributed by atoms with Crippen molar-refractivity contribution in [2.75, 3.05) is 39.8 Å². The van der Waals surface area contributed by atoms with Crippen molar-refractivity contribution in [1.29, 1.82) is 0 Å². The standard InChI is InChI=1S/C22H33N5O/c1-5-27-11-10-22(9-8-20(27)28)15-26(13-12-25(22)4)14-19-23-18-7-6-16(2)17(3)21(18)24-19/h6-7H,5,8-15H2,1-4H3,(H,23,24). The molecule has 1 atom stereocenters. The Labute approximate surface area is 167 Å². The number of amides is 1. The third kappa shape index (κ3) is 3.44. The Morgan fingerprint density at radius 3 is 2.79 bits per heavy atom. The van der Waals surface area contributed by atoms with Crippen LogP contribution in [0.25, 0.3) is 11.0 Å². The Bertz CT molecular complexity index is 875. The second kappa shape index (κ2) is 7.48. The Balaban J connectivity index is 1.52. The molecule has 1 N–H and O–H groups in total. The smallest absolute Gasteiger partial charge is 0.222 e. The molecular weight excluding hydrogens is 350 g/mol. The van der Waals surface area contributed by atoms with Gasteiger partial charge in [-0.3, -0.25) is 14.6 Å². The molecule has 2 saturated heterocycles. The molecule has 0 bridgehead atoms. The molecule has 1 unspecified atom stereocenters. The van der Waals surface area contributed by atoms with Crippen molar-refractivity contribution >= 4 is 16.9 Å². The molecule has 2 aliphatic rings. The summed E-state index contributed by atoms with van der Waals surface area (Å²) in [5.74, 6) is 1.36. The monoisotopic (exact) mass is 383 g/mol. The third-order valence-corrected chi connectivity index (χ3v) is 7.07. The van der Waals surface area contributed by atoms with Crippen molar-refractivity contribution in [3.8, 4) is 0 Å². The van der Waals surface area contributed by atoms with Gasteiger partial charge in [0.2, 0.25) is 5.91 Å². The number of piperazine rings is 1. The lowest BCUT2D eigenvalue weighted by atomic mass is 9.86. The van der Waals surface area contributed by atoms with Crippen molar-refractivity contribution in [1.82, 2.24) is 24.7 Å². The zero-order valence-corrected chi connectivity index (χ0v) is 17.7. The molecule has 0 radical (unpaired) electrons. The van der Waals surface area contributed by atoms with E-state index in [1.165, 1.54) is 11.1 Å². The molecule has 3 heterocycles. The summed E-state index contributed by atoms with van der Waals surface area (Å²) in [5, 5.41) is 0. The summed E-state index contributed by atoms with van der Waals surface area (Å²) in [6, 6.07) is 4.29. The first-order chi connectivity index (χ1) is 13.4. The molecule has 1 aromatic heterocycles. The molecule has 2 aromatic rings. The van der Waals surface area contributed by atoms with E-state index in [0.717, 1.165) is 69.0 Å². The molecule has 1 aromatic carbocycles. The normalized spacial score (nSPS) is 25.0. The van der Waals surface area contributed by atoms with E-state index in [9.17, 15) is 4.79 Å². The summed E-state index contributed by atoms with van der Waals surface area (Å²) in [6.07, 6.45) is 2.67. The van der Waals surface area contributed by atoms with E-state index < -0.39 is 0 Å². The third-order valence-electron chi connectivity index (χ3n) is 7.07. The highest BCUT2D eigenvalue weighted by Crippen LogP contribution is 2.32. The second-order valence-electron chi connectivity index (χ2n) is 8.67. The van der Waals surface area contributed by atoms with E-state index in [-0.39, 0.29) is 5.54 Å². The number of aromatic amines is 1. The zero-order chi connectivity index (χ0) is 19.9. The maximum absolute atomic E-state index is 12.4. The first kappa shape index (κ1) is 19.4. The van der Waals surface area contributed by atoms with Gasteiger partial charge in [-0.1, -0.05) is 6.07 Å². The van der Waals surface area contributed by atoms with Crippen LogP contribution < -0.4 is 0 Å². The number of imidazole rings is 1. The largest absolute Gasteiger partial charge is 0.343 e. The van der Waals surface area contributed by atoms with Gasteiger partial charge in [-0.05, 0) is 57.9 Å². The summed E-state index contributed by atoms with van der Waals surface area (Å²) >= 11 is 0. The number of likely N-dealkylation sites (N-methyl/N-ethyl adjacent to an activating group) is 1. The molecule has 2 aliphatic heterocycles. The molecule has 6 nitrogen and oxygen atoms in total. The van der Waals surface area contributed by atoms with Crippen molar-refractivity contribution in [2.45, 2.75) is 52.1 Å². The van der Waals surface area contributed by atoms with Gasteiger partial charge < -0.3 is 9.88 Å². The van der Waals surface area contributed by atoms with E-state index in [0.29, 0.717) is 12.3 Å². The van der Waals surface area contributed by atoms with Crippen LogP contribution in [0.15, 0.2) is 12.1 Å². The summed E-state index contributed by atoms with van der Waals surface area (Å²) in [7, 11) is 2.23. The first-order valence-corrected chi connectivity index (χ1v) is 10.6. The molecule has 152 valence electrons. The lowest BCUT2D eigenvalue weighted by Crippen LogP contribution is -2.60. The summed E-state index contributed by atoms with van der Waals surface area (Å²) in [6.45, 7) is 12.0. The number of carbonyl (C=O) groups is 1. The van der Waals surface area contributed by atoms with Gasteiger partial charge in [-0.25, -0.2) is 4.98 Å². The molecule has 1 amide bonds. The number of likely N-dealkylation sites (tertiary alicyclic amines) is 1. The van der Waals surface area contributed by atoms with E-state index >= 15 is 0 Å². The number of nitrogens with one attached hydrogen (secondary N) is 1. The number of aromatic nitrogens is 2. The molecule has 6 heteroatoms. The molecule has 1 spiro atoms. The Hall–Kier alpha value is -1.92. The predicted octanol–water partition coefficient (Wildman–Crippen LogP) is 2.70. The highest BCUT2D eigenvalue weighted by atomic mass is 16.2. The summed E-state index contributed by atoms with van der Waals surface area (Å²) in [4.78, 5) is 27.9. The molecule has 28 heavy (non-hydrogen) atoms. The average Bonchev–Trinajstić information content (AvgIpc) is 3.02. The number of rotatable bonds is 3. The van der Waals surface area contributed by atoms with Crippen LogP contribution >= 0.6 is 0 Å². The van der Waals surface area contributed by atoms with Gasteiger partial charge in [-0.15, -0.1) is 0 Å². The van der Waals surface area contributed by atoms with E-state index in [1.54, 1.807) is 0 Å². The number of carbonyl (C=O) groups excluding carboxylic acids is 1. The Morgan fingerprint density at radius 2 is 2.00 bits per heavy atom. The minimum Gasteiger partial charge on any atom is -0.343 e. The van der Waals surface area contributed by atoms with E-state index in [4.69, 9.17) is 4.98 Å². The molecule has 2 fully saturated rings. The fourth-order valence-electron chi connectivity index (χ4n) is 4.90. The number of fused-ring (bicyclic) bond motifs is 1. The lowest BCUT2D eigenvalue weighted by molar-refractivity contribution is -0.130. The van der Waals surface area contributed by atoms with Crippen molar-refractivity contribution in [2.24, 2.45) is 0 Å². The van der Waals surface area contributed by atoms with Gasteiger partial charge in [-0.2, -0.15) is 0 Å². The first-order valence-electron chi connectivity index (χ1n) is 10.6. The topological polar surface area (TPSA) is 55.5 Å².